The molecule has 0 unspecified atom stereocenters. The van der Waals surface area contributed by atoms with E-state index in [-0.39, 0.29) is 17.0 Å². The zero-order valence-corrected chi connectivity index (χ0v) is 19.5. The first-order valence-corrected chi connectivity index (χ1v) is 11.0. The van der Waals surface area contributed by atoms with E-state index in [0.29, 0.717) is 18.5 Å². The van der Waals surface area contributed by atoms with Crippen LogP contribution in [0.3, 0.4) is 0 Å². The highest BCUT2D eigenvalue weighted by atomic mass is 16.1. The topological polar surface area (TPSA) is 56.1 Å². The molecule has 1 atom stereocenters. The number of carbonyl (C=O) groups is 1. The highest BCUT2D eigenvalue weighted by Gasteiger charge is 2.37. The van der Waals surface area contributed by atoms with Gasteiger partial charge >= 0.3 is 0 Å². The summed E-state index contributed by atoms with van der Waals surface area (Å²) in [6, 6.07) is 16.6. The molecule has 2 aromatic rings. The summed E-state index contributed by atoms with van der Waals surface area (Å²) in [5, 5.41) is 12.5. The lowest BCUT2D eigenvalue weighted by Crippen LogP contribution is -2.51. The van der Waals surface area contributed by atoms with Crippen LogP contribution in [0.4, 0.5) is 5.69 Å². The number of anilines is 1. The van der Waals surface area contributed by atoms with Gasteiger partial charge in [0, 0.05) is 23.8 Å². The molecule has 0 fully saturated rings. The molecule has 3 rings (SSSR count). The first-order valence-electron chi connectivity index (χ1n) is 11.0. The van der Waals surface area contributed by atoms with Crippen LogP contribution < -0.4 is 10.2 Å². The van der Waals surface area contributed by atoms with Crippen LogP contribution >= 0.6 is 0 Å². The fourth-order valence-electron chi connectivity index (χ4n) is 4.92. The molecule has 1 heterocycles. The van der Waals surface area contributed by atoms with Gasteiger partial charge in [0.15, 0.2) is 0 Å². The number of amides is 1. The number of benzene rings is 2. The maximum Gasteiger partial charge on any atom is 0.262 e. The first-order chi connectivity index (χ1) is 14.6. The average Bonchev–Trinajstić information content (AvgIpc) is 2.70. The lowest BCUT2D eigenvalue weighted by atomic mass is 9.78. The van der Waals surface area contributed by atoms with E-state index in [1.807, 2.05) is 37.3 Å². The number of rotatable bonds is 5. The van der Waals surface area contributed by atoms with E-state index in [2.05, 4.69) is 63.0 Å². The van der Waals surface area contributed by atoms with Crippen LogP contribution in [-0.2, 0) is 11.3 Å². The van der Waals surface area contributed by atoms with Crippen LogP contribution in [0.2, 0.25) is 0 Å². The number of nitrogens with zero attached hydrogens (tertiary/aromatic N) is 2. The van der Waals surface area contributed by atoms with Gasteiger partial charge < -0.3 is 10.2 Å². The number of hydrogen-bond donors (Lipinski definition) is 1. The molecule has 1 aliphatic rings. The van der Waals surface area contributed by atoms with Gasteiger partial charge in [-0.3, -0.25) is 4.79 Å². The molecule has 2 aromatic carbocycles. The molecule has 1 amide bonds. The van der Waals surface area contributed by atoms with Crippen LogP contribution in [0.1, 0.15) is 69.2 Å². The summed E-state index contributed by atoms with van der Waals surface area (Å²) < 4.78 is 0. The quantitative estimate of drug-likeness (QED) is 0.502. The third-order valence-electron chi connectivity index (χ3n) is 6.14. The van der Waals surface area contributed by atoms with Crippen molar-refractivity contribution in [3.05, 3.63) is 70.3 Å². The van der Waals surface area contributed by atoms with Gasteiger partial charge in [-0.2, -0.15) is 5.26 Å². The molecular formula is C27H33N3O. The van der Waals surface area contributed by atoms with Gasteiger partial charge in [0.2, 0.25) is 0 Å². The minimum atomic E-state index is -0.346. The van der Waals surface area contributed by atoms with Crippen LogP contribution in [0, 0.1) is 18.3 Å². The molecule has 0 aliphatic carbocycles. The maximum atomic E-state index is 12.6. The van der Waals surface area contributed by atoms with Gasteiger partial charge in [0.1, 0.15) is 11.6 Å². The second-order valence-electron chi connectivity index (χ2n) is 9.49. The zero-order chi connectivity index (χ0) is 22.8. The second-order valence-corrected chi connectivity index (χ2v) is 9.49. The fraction of sp³-hybridized carbons (Fsp3) is 0.407. The standard InChI is InChI=1S/C27H33N3O/c1-18(2)30-25-12-19(3)22(14-24(25)20(4)15-27(30,5)6)13-23(16-28)26(31)29-17-21-10-8-7-9-11-21/h7-14,18,20H,15,17H2,1-6H3,(H,29,31)/b23-13-/t20-/m0/s1. The van der Waals surface area contributed by atoms with Crippen molar-refractivity contribution < 1.29 is 4.79 Å². The molecule has 0 bridgehead atoms. The van der Waals surface area contributed by atoms with Crippen molar-refractivity contribution in [2.75, 3.05) is 4.90 Å². The minimum absolute atomic E-state index is 0.0829. The van der Waals surface area contributed by atoms with Crippen molar-refractivity contribution in [1.29, 1.82) is 5.26 Å². The van der Waals surface area contributed by atoms with Crippen molar-refractivity contribution in [1.82, 2.24) is 5.32 Å². The molecule has 0 saturated heterocycles. The van der Waals surface area contributed by atoms with Crippen LogP contribution in [0.5, 0.6) is 0 Å². The van der Waals surface area contributed by atoms with Gasteiger partial charge in [-0.25, -0.2) is 0 Å². The van der Waals surface area contributed by atoms with E-state index < -0.39 is 0 Å². The van der Waals surface area contributed by atoms with Gasteiger partial charge in [-0.05, 0) is 87.4 Å². The van der Waals surface area contributed by atoms with E-state index >= 15 is 0 Å². The lowest BCUT2D eigenvalue weighted by molar-refractivity contribution is -0.117. The van der Waals surface area contributed by atoms with Crippen LogP contribution in [0.15, 0.2) is 48.0 Å². The molecule has 4 nitrogen and oxygen atoms in total. The summed E-state index contributed by atoms with van der Waals surface area (Å²) >= 11 is 0. The molecule has 0 aromatic heterocycles. The summed E-state index contributed by atoms with van der Waals surface area (Å²) in [6.45, 7) is 13.8. The maximum absolute atomic E-state index is 12.6. The summed E-state index contributed by atoms with van der Waals surface area (Å²) in [4.78, 5) is 15.1. The highest BCUT2D eigenvalue weighted by Crippen LogP contribution is 2.45. The van der Waals surface area contributed by atoms with Crippen LogP contribution in [0.25, 0.3) is 6.08 Å². The molecule has 0 saturated carbocycles. The predicted octanol–water partition coefficient (Wildman–Crippen LogP) is 5.72. The Morgan fingerprint density at radius 3 is 2.58 bits per heavy atom. The normalized spacial score (nSPS) is 17.8. The predicted molar refractivity (Wildman–Crippen MR) is 128 cm³/mol. The smallest absolute Gasteiger partial charge is 0.262 e. The Balaban J connectivity index is 1.92. The van der Waals surface area contributed by atoms with Crippen LogP contribution in [-0.4, -0.2) is 17.5 Å². The largest absolute Gasteiger partial charge is 0.364 e. The van der Waals surface area contributed by atoms with Crippen molar-refractivity contribution in [2.45, 2.75) is 72.0 Å². The molecule has 0 spiro atoms. The molecule has 4 heteroatoms. The second kappa shape index (κ2) is 8.98. The van der Waals surface area contributed by atoms with Crippen molar-refractivity contribution in [3.63, 3.8) is 0 Å². The third kappa shape index (κ3) is 4.82. The Labute approximate surface area is 186 Å². The number of fused-ring (bicyclic) bond motifs is 1. The third-order valence-corrected chi connectivity index (χ3v) is 6.14. The summed E-state index contributed by atoms with van der Waals surface area (Å²) in [6.07, 6.45) is 2.79. The molecule has 162 valence electrons. The number of aryl methyl sites for hydroxylation is 1. The SMILES string of the molecule is Cc1cc2c(cc1/C=C(/C#N)C(=O)NCc1ccccc1)[C@@H](C)CC(C)(C)N2C(C)C. The molecule has 31 heavy (non-hydrogen) atoms. The van der Waals surface area contributed by atoms with Gasteiger partial charge in [-0.1, -0.05) is 37.3 Å². The van der Waals surface area contributed by atoms with Gasteiger partial charge in [-0.15, -0.1) is 0 Å². The van der Waals surface area contributed by atoms with Crippen molar-refractivity contribution >= 4 is 17.7 Å². The highest BCUT2D eigenvalue weighted by molar-refractivity contribution is 6.01. The summed E-state index contributed by atoms with van der Waals surface area (Å²) in [7, 11) is 0. The summed E-state index contributed by atoms with van der Waals surface area (Å²) in [5.41, 5.74) is 5.76. The number of nitriles is 1. The fourth-order valence-corrected chi connectivity index (χ4v) is 4.92. The molecule has 1 aliphatic heterocycles. The average molecular weight is 416 g/mol. The first kappa shape index (κ1) is 22.6. The number of hydrogen-bond acceptors (Lipinski definition) is 3. The van der Waals surface area contributed by atoms with Crippen molar-refractivity contribution in [2.24, 2.45) is 0 Å². The van der Waals surface area contributed by atoms with E-state index in [9.17, 15) is 10.1 Å². The molecule has 1 N–H and O–H groups in total. The Morgan fingerprint density at radius 1 is 1.29 bits per heavy atom. The zero-order valence-electron chi connectivity index (χ0n) is 19.5. The van der Waals surface area contributed by atoms with E-state index in [1.165, 1.54) is 11.3 Å². The Bertz CT molecular complexity index is 1030. The lowest BCUT2D eigenvalue weighted by Gasteiger charge is -2.50. The summed E-state index contributed by atoms with van der Waals surface area (Å²) in [5.74, 6) is 0.0617. The number of carbonyl (C=O) groups excluding carboxylic acids is 1. The molecule has 0 radical (unpaired) electrons. The number of nitrogens with one attached hydrogen (secondary N) is 1. The minimum Gasteiger partial charge on any atom is -0.364 e. The van der Waals surface area contributed by atoms with E-state index in [0.717, 1.165) is 23.1 Å². The Kier molecular flexibility index (Phi) is 6.55. The van der Waals surface area contributed by atoms with E-state index in [1.54, 1.807) is 6.08 Å². The van der Waals surface area contributed by atoms with E-state index in [4.69, 9.17) is 0 Å². The van der Waals surface area contributed by atoms with Gasteiger partial charge in [0.25, 0.3) is 5.91 Å². The Hall–Kier alpha value is -3.06. The monoisotopic (exact) mass is 415 g/mol. The van der Waals surface area contributed by atoms with Crippen molar-refractivity contribution in [3.8, 4) is 6.07 Å². The molecular weight excluding hydrogens is 382 g/mol. The van der Waals surface area contributed by atoms with Gasteiger partial charge in [0.05, 0.1) is 0 Å². The Morgan fingerprint density at radius 2 is 1.97 bits per heavy atom.